The highest BCUT2D eigenvalue weighted by atomic mass is 32.2. The average molecular weight is 322 g/mol. The van der Waals surface area contributed by atoms with Crippen molar-refractivity contribution in [2.24, 2.45) is 11.7 Å². The first-order valence-corrected chi connectivity index (χ1v) is 10.1. The van der Waals surface area contributed by atoms with Crippen LogP contribution >= 0.6 is 23.5 Å². The van der Waals surface area contributed by atoms with Crippen LogP contribution in [-0.2, 0) is 4.74 Å². The van der Waals surface area contributed by atoms with Crippen LogP contribution in [0.2, 0.25) is 0 Å². The zero-order valence-electron chi connectivity index (χ0n) is 12.3. The van der Waals surface area contributed by atoms with Crippen LogP contribution < -0.4 is 5.73 Å². The Morgan fingerprint density at radius 2 is 2.24 bits per heavy atom. The summed E-state index contributed by atoms with van der Waals surface area (Å²) in [5.74, 6) is 4.73. The van der Waals surface area contributed by atoms with E-state index in [1.807, 2.05) is 23.5 Å². The molecule has 4 heteroatoms. The number of fused-ring (bicyclic) bond motifs is 1. The van der Waals surface area contributed by atoms with E-state index < -0.39 is 0 Å². The van der Waals surface area contributed by atoms with Crippen LogP contribution in [0.4, 0.5) is 0 Å². The Kier molecular flexibility index (Phi) is 3.99. The molecule has 4 unspecified atom stereocenters. The molecule has 3 aliphatic rings. The minimum absolute atomic E-state index is 0.149. The topological polar surface area (TPSA) is 35.2 Å². The largest absolute Gasteiger partial charge is 0.374 e. The molecule has 2 saturated heterocycles. The lowest BCUT2D eigenvalue weighted by Crippen LogP contribution is -2.47. The molecule has 1 aromatic rings. The van der Waals surface area contributed by atoms with Crippen molar-refractivity contribution < 1.29 is 4.74 Å². The molecule has 4 rings (SSSR count). The molecule has 3 heterocycles. The van der Waals surface area contributed by atoms with Gasteiger partial charge in [0.05, 0.1) is 5.60 Å². The summed E-state index contributed by atoms with van der Waals surface area (Å²) < 4.78 is 6.16. The summed E-state index contributed by atoms with van der Waals surface area (Å²) in [6.07, 6.45) is 3.53. The number of benzene rings is 1. The average Bonchev–Trinajstić information content (AvgIpc) is 3.14. The molecule has 2 N–H and O–H groups in total. The van der Waals surface area contributed by atoms with Crippen LogP contribution in [0.15, 0.2) is 29.2 Å². The van der Waals surface area contributed by atoms with Gasteiger partial charge in [0.1, 0.15) is 0 Å². The molecule has 1 aromatic carbocycles. The molecule has 114 valence electrons. The third-order valence-electron chi connectivity index (χ3n) is 5.34. The monoisotopic (exact) mass is 321 g/mol. The fraction of sp³-hybridized carbons (Fsp3) is 0.647. The maximum atomic E-state index is 6.74. The lowest BCUT2D eigenvalue weighted by Gasteiger charge is -2.41. The molecular formula is C17H23NOS2. The molecule has 2 fully saturated rings. The van der Waals surface area contributed by atoms with Gasteiger partial charge in [0, 0.05) is 35.0 Å². The van der Waals surface area contributed by atoms with Crippen LogP contribution in [0.5, 0.6) is 0 Å². The smallest absolute Gasteiger partial charge is 0.0783 e. The summed E-state index contributed by atoms with van der Waals surface area (Å²) in [5.41, 5.74) is 8.38. The van der Waals surface area contributed by atoms with Crippen molar-refractivity contribution >= 4 is 23.5 Å². The molecule has 0 aromatic heterocycles. The van der Waals surface area contributed by atoms with Gasteiger partial charge in [-0.05, 0) is 42.6 Å². The molecule has 0 amide bonds. The maximum Gasteiger partial charge on any atom is 0.0783 e. The number of nitrogens with two attached hydrogens (primary N) is 1. The lowest BCUT2D eigenvalue weighted by molar-refractivity contribution is -0.0840. The molecule has 1 spiro atoms. The minimum Gasteiger partial charge on any atom is -0.374 e. The second-order valence-corrected chi connectivity index (χ2v) is 8.79. The fourth-order valence-corrected chi connectivity index (χ4v) is 6.79. The van der Waals surface area contributed by atoms with Gasteiger partial charge in [0.2, 0.25) is 0 Å². The molecular weight excluding hydrogens is 298 g/mol. The van der Waals surface area contributed by atoms with E-state index in [0.29, 0.717) is 11.8 Å². The Morgan fingerprint density at radius 1 is 1.33 bits per heavy atom. The van der Waals surface area contributed by atoms with Crippen molar-refractivity contribution in [1.29, 1.82) is 0 Å². The van der Waals surface area contributed by atoms with Crippen LogP contribution in [-0.4, -0.2) is 35.5 Å². The van der Waals surface area contributed by atoms with Gasteiger partial charge in [-0.15, -0.1) is 11.8 Å². The van der Waals surface area contributed by atoms with Gasteiger partial charge in [-0.1, -0.05) is 18.2 Å². The first-order valence-electron chi connectivity index (χ1n) is 7.96. The maximum absolute atomic E-state index is 6.74. The SMILES string of the molecule is NC(C1CCOC2(CCSC2)C1)C1CSc2ccccc21. The summed E-state index contributed by atoms with van der Waals surface area (Å²) in [6.45, 7) is 0.903. The Bertz CT molecular complexity index is 515. The molecule has 0 radical (unpaired) electrons. The highest BCUT2D eigenvalue weighted by Gasteiger charge is 2.44. The van der Waals surface area contributed by atoms with Crippen molar-refractivity contribution in [3.8, 4) is 0 Å². The predicted octanol–water partition coefficient (Wildman–Crippen LogP) is 3.51. The Hall–Kier alpha value is -0.160. The minimum atomic E-state index is 0.149. The number of ether oxygens (including phenoxy) is 1. The third kappa shape index (κ3) is 2.65. The predicted molar refractivity (Wildman–Crippen MR) is 91.2 cm³/mol. The zero-order valence-corrected chi connectivity index (χ0v) is 13.9. The van der Waals surface area contributed by atoms with Crippen molar-refractivity contribution in [2.75, 3.05) is 23.9 Å². The van der Waals surface area contributed by atoms with E-state index in [-0.39, 0.29) is 11.6 Å². The number of hydrogen-bond donors (Lipinski definition) is 1. The van der Waals surface area contributed by atoms with Gasteiger partial charge < -0.3 is 10.5 Å². The van der Waals surface area contributed by atoms with Crippen molar-refractivity contribution in [2.45, 2.75) is 41.7 Å². The summed E-state index contributed by atoms with van der Waals surface area (Å²) in [4.78, 5) is 1.44. The highest BCUT2D eigenvalue weighted by molar-refractivity contribution is 7.99. The first-order chi connectivity index (χ1) is 10.3. The molecule has 21 heavy (non-hydrogen) atoms. The van der Waals surface area contributed by atoms with E-state index in [0.717, 1.165) is 18.8 Å². The molecule has 0 aliphatic carbocycles. The van der Waals surface area contributed by atoms with E-state index in [2.05, 4.69) is 24.3 Å². The van der Waals surface area contributed by atoms with Gasteiger partial charge >= 0.3 is 0 Å². The molecule has 2 nitrogen and oxygen atoms in total. The number of hydrogen-bond acceptors (Lipinski definition) is 4. The Balaban J connectivity index is 1.51. The van der Waals surface area contributed by atoms with E-state index in [1.165, 1.54) is 34.8 Å². The van der Waals surface area contributed by atoms with Crippen LogP contribution in [0.25, 0.3) is 0 Å². The zero-order chi connectivity index (χ0) is 14.3. The van der Waals surface area contributed by atoms with Gasteiger partial charge in [-0.25, -0.2) is 0 Å². The third-order valence-corrected chi connectivity index (χ3v) is 7.78. The van der Waals surface area contributed by atoms with E-state index >= 15 is 0 Å². The fourth-order valence-electron chi connectivity index (χ4n) is 4.09. The summed E-state index contributed by atoms with van der Waals surface area (Å²) in [7, 11) is 0. The van der Waals surface area contributed by atoms with Gasteiger partial charge in [-0.2, -0.15) is 11.8 Å². The molecule has 0 saturated carbocycles. The normalized spacial score (nSPS) is 36.8. The van der Waals surface area contributed by atoms with Gasteiger partial charge in [0.15, 0.2) is 0 Å². The second kappa shape index (κ2) is 5.80. The second-order valence-electron chi connectivity index (χ2n) is 6.62. The van der Waals surface area contributed by atoms with Gasteiger partial charge in [-0.3, -0.25) is 0 Å². The quantitative estimate of drug-likeness (QED) is 0.904. The lowest BCUT2D eigenvalue weighted by atomic mass is 9.76. The van der Waals surface area contributed by atoms with E-state index in [9.17, 15) is 0 Å². The standard InChI is InChI=1S/C17H23NOS2/c18-16(14-10-21-15-4-2-1-3-13(14)15)12-5-7-19-17(9-12)6-8-20-11-17/h1-4,12,14,16H,5-11,18H2. The van der Waals surface area contributed by atoms with E-state index in [1.54, 1.807) is 0 Å². The summed E-state index contributed by atoms with van der Waals surface area (Å²) >= 11 is 4.02. The van der Waals surface area contributed by atoms with Crippen LogP contribution in [0, 0.1) is 5.92 Å². The van der Waals surface area contributed by atoms with Crippen LogP contribution in [0.1, 0.15) is 30.7 Å². The summed E-state index contributed by atoms with van der Waals surface area (Å²) in [6, 6.07) is 9.10. The number of rotatable bonds is 2. The first kappa shape index (κ1) is 14.4. The van der Waals surface area contributed by atoms with Gasteiger partial charge in [0.25, 0.3) is 0 Å². The molecule has 4 atom stereocenters. The van der Waals surface area contributed by atoms with E-state index in [4.69, 9.17) is 10.5 Å². The Labute approximate surface area is 135 Å². The van der Waals surface area contributed by atoms with Crippen LogP contribution in [0.3, 0.4) is 0 Å². The van der Waals surface area contributed by atoms with Crippen molar-refractivity contribution in [1.82, 2.24) is 0 Å². The van der Waals surface area contributed by atoms with Crippen molar-refractivity contribution in [3.05, 3.63) is 29.8 Å². The molecule has 0 bridgehead atoms. The highest BCUT2D eigenvalue weighted by Crippen LogP contribution is 2.46. The Morgan fingerprint density at radius 3 is 3.10 bits per heavy atom. The summed E-state index contributed by atoms with van der Waals surface area (Å²) in [5, 5.41) is 0. The van der Waals surface area contributed by atoms with Crippen molar-refractivity contribution in [3.63, 3.8) is 0 Å². The molecule has 3 aliphatic heterocycles. The number of thioether (sulfide) groups is 2.